The van der Waals surface area contributed by atoms with Crippen LogP contribution in [0, 0.1) is 0 Å². The van der Waals surface area contributed by atoms with E-state index < -0.39 is 33.3 Å². The fourth-order valence-corrected chi connectivity index (χ4v) is 10.9. The Morgan fingerprint density at radius 3 is 1.71 bits per heavy atom. The molecule has 3 rings (SSSR count). The standard InChI is InChI=1S/C41H84N6O4Si4/c1-38(2,3)52(13,14)48-28-31-34(50-54(17,18)40(7,8)9)35(51-55(19,20)41(10,11)12)32(49-53(15,16)39(4,5)6)27-47(31)26-24-22-21-23-25-42-36-33-37(44-29-43-33)46-30-45-36/h29-32,34-35H,21-28H2,1-20H3,(H2,42,43,44,45,46)/t31-,32?,34?,35?/m1/s1. The maximum absolute atomic E-state index is 7.70. The summed E-state index contributed by atoms with van der Waals surface area (Å²) < 4.78 is 30.0. The molecular weight excluding hydrogens is 753 g/mol. The van der Waals surface area contributed by atoms with Gasteiger partial charge in [-0.05, 0) is 91.9 Å². The van der Waals surface area contributed by atoms with Crippen LogP contribution in [0.3, 0.4) is 0 Å². The van der Waals surface area contributed by atoms with Crippen molar-refractivity contribution < 1.29 is 17.7 Å². The quantitative estimate of drug-likeness (QED) is 0.119. The van der Waals surface area contributed by atoms with E-state index in [1.807, 2.05) is 0 Å². The number of hydrogen-bond donors (Lipinski definition) is 2. The predicted octanol–water partition coefficient (Wildman–Crippen LogP) is 11.2. The van der Waals surface area contributed by atoms with Crippen molar-refractivity contribution in [1.82, 2.24) is 24.8 Å². The molecule has 0 spiro atoms. The van der Waals surface area contributed by atoms with Crippen LogP contribution in [0.25, 0.3) is 11.2 Å². The molecule has 3 unspecified atom stereocenters. The number of rotatable bonds is 17. The van der Waals surface area contributed by atoms with Gasteiger partial charge in [0.05, 0.1) is 37.3 Å². The largest absolute Gasteiger partial charge is 0.415 e. The molecule has 0 aliphatic carbocycles. The normalized spacial score (nSPS) is 21.7. The first-order chi connectivity index (χ1) is 24.8. The molecule has 2 N–H and O–H groups in total. The number of unbranched alkanes of at least 4 members (excludes halogenated alkanes) is 3. The number of nitrogens with one attached hydrogen (secondary N) is 2. The van der Waals surface area contributed by atoms with Crippen molar-refractivity contribution >= 4 is 50.3 Å². The van der Waals surface area contributed by atoms with E-state index in [4.69, 9.17) is 17.7 Å². The smallest absolute Gasteiger partial charge is 0.192 e. The van der Waals surface area contributed by atoms with E-state index in [1.54, 1.807) is 12.7 Å². The molecule has 1 aliphatic rings. The SMILES string of the molecule is CC(C)(C)[Si](C)(C)OC[C@@H]1C(O[Si](C)(C)C(C)(C)C)C(O[Si](C)(C)C(C)(C)C)C(O[Si](C)(C)C(C)(C)C)CN1CCCCCCNc1ncnc2[nH]cnc12. The van der Waals surface area contributed by atoms with Gasteiger partial charge in [0, 0.05) is 13.1 Å². The Bertz CT molecular complexity index is 1510. The Morgan fingerprint density at radius 1 is 0.655 bits per heavy atom. The van der Waals surface area contributed by atoms with Crippen molar-refractivity contribution in [2.45, 2.75) is 206 Å². The first-order valence-corrected chi connectivity index (χ1v) is 32.7. The highest BCUT2D eigenvalue weighted by Gasteiger charge is 2.55. The molecule has 3 heterocycles. The van der Waals surface area contributed by atoms with Gasteiger partial charge >= 0.3 is 0 Å². The van der Waals surface area contributed by atoms with Gasteiger partial charge in [-0.2, -0.15) is 0 Å². The number of imidazole rings is 1. The third kappa shape index (κ3) is 12.3. The zero-order valence-corrected chi connectivity index (χ0v) is 43.0. The number of hydrogen-bond acceptors (Lipinski definition) is 9. The van der Waals surface area contributed by atoms with Crippen molar-refractivity contribution in [3.63, 3.8) is 0 Å². The lowest BCUT2D eigenvalue weighted by atomic mass is 9.94. The van der Waals surface area contributed by atoms with Gasteiger partial charge in [0.2, 0.25) is 0 Å². The average Bonchev–Trinajstić information content (AvgIpc) is 3.49. The van der Waals surface area contributed by atoms with Crippen LogP contribution in [0.15, 0.2) is 12.7 Å². The van der Waals surface area contributed by atoms with Crippen LogP contribution < -0.4 is 5.32 Å². The van der Waals surface area contributed by atoms with Gasteiger partial charge in [-0.15, -0.1) is 0 Å². The lowest BCUT2D eigenvalue weighted by Crippen LogP contribution is -2.70. The van der Waals surface area contributed by atoms with Gasteiger partial charge in [0.1, 0.15) is 11.8 Å². The highest BCUT2D eigenvalue weighted by atomic mass is 28.4. The van der Waals surface area contributed by atoms with Gasteiger partial charge in [-0.1, -0.05) is 95.9 Å². The fourth-order valence-electron chi connectivity index (χ4n) is 5.95. The van der Waals surface area contributed by atoms with Crippen LogP contribution in [0.2, 0.25) is 72.5 Å². The monoisotopic (exact) mass is 837 g/mol. The summed E-state index contributed by atoms with van der Waals surface area (Å²) in [5.74, 6) is 0.791. The minimum atomic E-state index is -2.26. The van der Waals surface area contributed by atoms with Crippen LogP contribution in [-0.2, 0) is 17.7 Å². The first kappa shape index (κ1) is 48.4. The average molecular weight is 838 g/mol. The first-order valence-electron chi connectivity index (χ1n) is 21.1. The zero-order chi connectivity index (χ0) is 42.1. The Balaban J connectivity index is 1.99. The van der Waals surface area contributed by atoms with Crippen molar-refractivity contribution in [1.29, 1.82) is 0 Å². The molecule has 10 nitrogen and oxygen atoms in total. The fraction of sp³-hybridized carbons (Fsp3) is 0.878. The zero-order valence-electron chi connectivity index (χ0n) is 39.0. The third-order valence-electron chi connectivity index (χ3n) is 14.0. The number of piperidine rings is 1. The van der Waals surface area contributed by atoms with E-state index in [0.717, 1.165) is 62.3 Å². The number of nitrogens with zero attached hydrogens (tertiary/aromatic N) is 4. The second-order valence-electron chi connectivity index (χ2n) is 22.4. The Hall–Kier alpha value is -0.982. The van der Waals surface area contributed by atoms with E-state index in [9.17, 15) is 0 Å². The molecule has 318 valence electrons. The maximum atomic E-state index is 7.70. The number of H-pyrrole nitrogens is 1. The topological polar surface area (TPSA) is 107 Å². The lowest BCUT2D eigenvalue weighted by Gasteiger charge is -2.56. The van der Waals surface area contributed by atoms with Crippen LogP contribution in [0.5, 0.6) is 0 Å². The summed E-state index contributed by atoms with van der Waals surface area (Å²) in [6.45, 7) is 50.6. The number of likely N-dealkylation sites (tertiary alicyclic amines) is 1. The lowest BCUT2D eigenvalue weighted by molar-refractivity contribution is -0.128. The minimum absolute atomic E-state index is 0.0418. The molecule has 1 aliphatic heterocycles. The van der Waals surface area contributed by atoms with E-state index in [0.29, 0.717) is 6.61 Å². The molecule has 4 atom stereocenters. The van der Waals surface area contributed by atoms with Crippen LogP contribution in [0.1, 0.15) is 109 Å². The van der Waals surface area contributed by atoms with Crippen molar-refractivity contribution in [2.75, 3.05) is 31.6 Å². The van der Waals surface area contributed by atoms with E-state index >= 15 is 0 Å². The van der Waals surface area contributed by atoms with Crippen LogP contribution in [0.4, 0.5) is 5.82 Å². The summed E-state index contributed by atoms with van der Waals surface area (Å²) in [6.07, 6.45) is 7.24. The van der Waals surface area contributed by atoms with Gasteiger partial charge in [-0.3, -0.25) is 4.90 Å². The van der Waals surface area contributed by atoms with Gasteiger partial charge in [0.25, 0.3) is 0 Å². The molecule has 14 heteroatoms. The molecule has 0 bridgehead atoms. The van der Waals surface area contributed by atoms with Gasteiger partial charge in [0.15, 0.2) is 44.7 Å². The molecule has 1 saturated heterocycles. The van der Waals surface area contributed by atoms with Crippen LogP contribution in [-0.4, -0.2) is 109 Å². The minimum Gasteiger partial charge on any atom is -0.415 e. The number of fused-ring (bicyclic) bond motifs is 1. The third-order valence-corrected chi connectivity index (χ3v) is 31.9. The molecule has 0 radical (unpaired) electrons. The molecule has 0 aromatic carbocycles. The second kappa shape index (κ2) is 17.7. The van der Waals surface area contributed by atoms with E-state index in [1.165, 1.54) is 0 Å². The Labute approximate surface area is 341 Å². The molecule has 2 aromatic rings. The maximum Gasteiger partial charge on any atom is 0.192 e. The summed E-state index contributed by atoms with van der Waals surface area (Å²) in [5.41, 5.74) is 1.55. The highest BCUT2D eigenvalue weighted by molar-refractivity contribution is 6.75. The second-order valence-corrected chi connectivity index (χ2v) is 41.5. The Morgan fingerprint density at radius 2 is 1.16 bits per heavy atom. The molecular formula is C41H84N6O4Si4. The summed E-state index contributed by atoms with van der Waals surface area (Å²) in [7, 11) is -8.75. The molecule has 0 amide bonds. The highest BCUT2D eigenvalue weighted by Crippen LogP contribution is 2.46. The summed E-state index contributed by atoms with van der Waals surface area (Å²) in [5, 5.41) is 3.75. The molecule has 1 fully saturated rings. The van der Waals surface area contributed by atoms with Crippen LogP contribution >= 0.6 is 0 Å². The van der Waals surface area contributed by atoms with Crippen molar-refractivity contribution in [2.24, 2.45) is 0 Å². The van der Waals surface area contributed by atoms with Crippen molar-refractivity contribution in [3.05, 3.63) is 12.7 Å². The number of anilines is 1. The Kier molecular flexibility index (Phi) is 15.6. The molecule has 2 aromatic heterocycles. The van der Waals surface area contributed by atoms with E-state index in [-0.39, 0.29) is 44.5 Å². The van der Waals surface area contributed by atoms with Gasteiger partial charge in [-0.25, -0.2) is 15.0 Å². The summed E-state index contributed by atoms with van der Waals surface area (Å²) in [6, 6.07) is 0.0629. The van der Waals surface area contributed by atoms with Crippen molar-refractivity contribution in [3.8, 4) is 0 Å². The molecule has 0 saturated carbocycles. The number of aromatic amines is 1. The molecule has 55 heavy (non-hydrogen) atoms. The van der Waals surface area contributed by atoms with Gasteiger partial charge < -0.3 is 28.0 Å². The van der Waals surface area contributed by atoms with E-state index in [2.05, 4.69) is 166 Å². The number of aromatic nitrogens is 4. The summed E-state index contributed by atoms with van der Waals surface area (Å²) >= 11 is 0. The predicted molar refractivity (Wildman–Crippen MR) is 243 cm³/mol. The summed E-state index contributed by atoms with van der Waals surface area (Å²) in [4.78, 5) is 18.8.